The summed E-state index contributed by atoms with van der Waals surface area (Å²) >= 11 is 0. The zero-order chi connectivity index (χ0) is 30.5. The SMILES string of the molecule is CCCCCCCCCCCCCNCCC[C@@H](C)C1CCC2C3CCC4CCCCC4(C)C3C[C@H](OCCCN)C21C. The van der Waals surface area contributed by atoms with E-state index in [-0.39, 0.29) is 0 Å². The van der Waals surface area contributed by atoms with Crippen molar-refractivity contribution in [1.82, 2.24) is 5.32 Å². The second-order valence-electron chi connectivity index (χ2n) is 16.6. The van der Waals surface area contributed by atoms with Crippen LogP contribution in [-0.4, -0.2) is 32.3 Å². The summed E-state index contributed by atoms with van der Waals surface area (Å²) < 4.78 is 6.93. The summed E-state index contributed by atoms with van der Waals surface area (Å²) in [5.41, 5.74) is 6.86. The molecule has 0 saturated heterocycles. The quantitative estimate of drug-likeness (QED) is 0.129. The fourth-order valence-electron chi connectivity index (χ4n) is 11.5. The smallest absolute Gasteiger partial charge is 0.0637 e. The highest BCUT2D eigenvalue weighted by atomic mass is 16.5. The molecule has 4 aliphatic rings. The summed E-state index contributed by atoms with van der Waals surface area (Å²) in [4.78, 5) is 0. The van der Waals surface area contributed by atoms with Gasteiger partial charge in [-0.05, 0) is 137 Å². The van der Waals surface area contributed by atoms with Gasteiger partial charge in [0.05, 0.1) is 6.10 Å². The molecule has 0 radical (unpaired) electrons. The lowest BCUT2D eigenvalue weighted by molar-refractivity contribution is -0.185. The Morgan fingerprint density at radius 3 is 2.19 bits per heavy atom. The maximum absolute atomic E-state index is 6.93. The molecule has 0 heterocycles. The minimum Gasteiger partial charge on any atom is -0.378 e. The lowest BCUT2D eigenvalue weighted by Crippen LogP contribution is -2.58. The topological polar surface area (TPSA) is 47.3 Å². The van der Waals surface area contributed by atoms with Gasteiger partial charge in [-0.25, -0.2) is 0 Å². The van der Waals surface area contributed by atoms with Crippen LogP contribution < -0.4 is 11.1 Å². The second kappa shape index (κ2) is 18.3. The van der Waals surface area contributed by atoms with Gasteiger partial charge >= 0.3 is 0 Å². The van der Waals surface area contributed by atoms with Crippen molar-refractivity contribution in [3.63, 3.8) is 0 Å². The number of hydrogen-bond acceptors (Lipinski definition) is 3. The standard InChI is InChI=1S/C40H76N2O/c1-5-6-7-8-9-10-11-12-13-14-17-28-42-29-18-20-32(2)35-24-25-36-34-23-22-33-21-15-16-26-39(33,3)37(34)31-38(40(35,36)4)43-30-19-27-41/h32-38,42H,5-31,41H2,1-4H3/t32-,33?,34?,35?,36?,37?,38+,39?,40?/m1/s1. The molecule has 7 unspecified atom stereocenters. The van der Waals surface area contributed by atoms with E-state index >= 15 is 0 Å². The number of rotatable bonds is 21. The maximum Gasteiger partial charge on any atom is 0.0637 e. The molecule has 3 nitrogen and oxygen atoms in total. The predicted molar refractivity (Wildman–Crippen MR) is 186 cm³/mol. The molecule has 0 aliphatic heterocycles. The van der Waals surface area contributed by atoms with Crippen LogP contribution in [0.15, 0.2) is 0 Å². The van der Waals surface area contributed by atoms with Crippen LogP contribution in [0.5, 0.6) is 0 Å². The summed E-state index contributed by atoms with van der Waals surface area (Å²) in [7, 11) is 0. The zero-order valence-electron chi connectivity index (χ0n) is 29.6. The lowest BCUT2D eigenvalue weighted by Gasteiger charge is -2.62. The van der Waals surface area contributed by atoms with Crippen molar-refractivity contribution in [2.75, 3.05) is 26.2 Å². The van der Waals surface area contributed by atoms with Gasteiger partial charge in [-0.15, -0.1) is 0 Å². The molecule has 0 aromatic rings. The van der Waals surface area contributed by atoms with Gasteiger partial charge in [-0.2, -0.15) is 0 Å². The Morgan fingerprint density at radius 2 is 1.47 bits per heavy atom. The van der Waals surface area contributed by atoms with Crippen molar-refractivity contribution in [3.8, 4) is 0 Å². The van der Waals surface area contributed by atoms with E-state index in [9.17, 15) is 0 Å². The maximum atomic E-state index is 6.93. The lowest BCUT2D eigenvalue weighted by atomic mass is 9.44. The molecule has 4 rings (SSSR count). The Morgan fingerprint density at radius 1 is 0.767 bits per heavy atom. The largest absolute Gasteiger partial charge is 0.378 e. The van der Waals surface area contributed by atoms with Crippen LogP contribution in [0.2, 0.25) is 0 Å². The van der Waals surface area contributed by atoms with Crippen LogP contribution in [0.25, 0.3) is 0 Å². The molecule has 0 amide bonds. The van der Waals surface area contributed by atoms with Crippen molar-refractivity contribution < 1.29 is 4.74 Å². The number of nitrogens with one attached hydrogen (secondary N) is 1. The molecule has 3 heteroatoms. The molecule has 43 heavy (non-hydrogen) atoms. The molecular formula is C40H76N2O. The van der Waals surface area contributed by atoms with E-state index in [1.54, 1.807) is 0 Å². The van der Waals surface area contributed by atoms with Gasteiger partial charge in [0.1, 0.15) is 0 Å². The minimum absolute atomic E-state index is 0.357. The third-order valence-corrected chi connectivity index (χ3v) is 14.1. The van der Waals surface area contributed by atoms with Crippen molar-refractivity contribution in [1.29, 1.82) is 0 Å². The first-order valence-electron chi connectivity index (χ1n) is 20.0. The molecule has 0 spiro atoms. The van der Waals surface area contributed by atoms with Crippen LogP contribution in [0.3, 0.4) is 0 Å². The average molecular weight is 601 g/mol. The highest BCUT2D eigenvalue weighted by molar-refractivity contribution is 5.12. The van der Waals surface area contributed by atoms with E-state index in [4.69, 9.17) is 10.5 Å². The third kappa shape index (κ3) is 9.03. The van der Waals surface area contributed by atoms with Gasteiger partial charge in [0.15, 0.2) is 0 Å². The molecule has 4 aliphatic carbocycles. The van der Waals surface area contributed by atoms with Crippen LogP contribution in [0.4, 0.5) is 0 Å². The molecule has 4 fully saturated rings. The van der Waals surface area contributed by atoms with Gasteiger partial charge < -0.3 is 15.8 Å². The van der Waals surface area contributed by atoms with E-state index in [2.05, 4.69) is 33.0 Å². The number of nitrogens with two attached hydrogens (primary N) is 1. The average Bonchev–Trinajstić information content (AvgIpc) is 3.37. The Labute approximate surface area is 269 Å². The summed E-state index contributed by atoms with van der Waals surface area (Å²) in [6, 6.07) is 0. The molecule has 252 valence electrons. The predicted octanol–water partition coefficient (Wildman–Crippen LogP) is 10.7. The van der Waals surface area contributed by atoms with E-state index < -0.39 is 0 Å². The molecule has 0 aromatic heterocycles. The Hall–Kier alpha value is -0.120. The van der Waals surface area contributed by atoms with Gasteiger partial charge in [0, 0.05) is 6.61 Å². The molecule has 4 saturated carbocycles. The van der Waals surface area contributed by atoms with Gasteiger partial charge in [-0.3, -0.25) is 0 Å². The molecule has 9 atom stereocenters. The third-order valence-electron chi connectivity index (χ3n) is 14.1. The number of fused-ring (bicyclic) bond motifs is 5. The van der Waals surface area contributed by atoms with Crippen molar-refractivity contribution in [2.45, 2.75) is 181 Å². The minimum atomic E-state index is 0.357. The number of hydrogen-bond donors (Lipinski definition) is 2. The summed E-state index contributed by atoms with van der Waals surface area (Å²) in [5.74, 6) is 5.32. The van der Waals surface area contributed by atoms with Crippen LogP contribution in [0, 0.1) is 46.3 Å². The van der Waals surface area contributed by atoms with Crippen LogP contribution in [-0.2, 0) is 4.74 Å². The van der Waals surface area contributed by atoms with Crippen molar-refractivity contribution in [2.24, 2.45) is 52.1 Å². The molecule has 0 aromatic carbocycles. The molecular weight excluding hydrogens is 524 g/mol. The van der Waals surface area contributed by atoms with Crippen LogP contribution >= 0.6 is 0 Å². The van der Waals surface area contributed by atoms with Gasteiger partial charge in [0.25, 0.3) is 0 Å². The fraction of sp³-hybridized carbons (Fsp3) is 1.00. The fourth-order valence-corrected chi connectivity index (χ4v) is 11.5. The second-order valence-corrected chi connectivity index (χ2v) is 16.6. The van der Waals surface area contributed by atoms with Crippen molar-refractivity contribution >= 4 is 0 Å². The molecule has 0 bridgehead atoms. The summed E-state index contributed by atoms with van der Waals surface area (Å²) in [5, 5.41) is 3.80. The Kier molecular flexibility index (Phi) is 15.2. The highest BCUT2D eigenvalue weighted by Gasteiger charge is 2.63. The first-order valence-corrected chi connectivity index (χ1v) is 20.0. The van der Waals surface area contributed by atoms with E-state index in [1.165, 1.54) is 154 Å². The Balaban J connectivity index is 1.19. The van der Waals surface area contributed by atoms with E-state index in [1.807, 2.05) is 0 Å². The normalized spacial score (nSPS) is 36.2. The van der Waals surface area contributed by atoms with E-state index in [0.717, 1.165) is 55.1 Å². The van der Waals surface area contributed by atoms with Gasteiger partial charge in [-0.1, -0.05) is 105 Å². The van der Waals surface area contributed by atoms with Crippen LogP contribution in [0.1, 0.15) is 175 Å². The first kappa shape index (κ1) is 35.7. The number of unbranched alkanes of at least 4 members (excludes halogenated alkanes) is 10. The van der Waals surface area contributed by atoms with E-state index in [0.29, 0.717) is 16.9 Å². The summed E-state index contributed by atoms with van der Waals surface area (Å²) in [6.07, 6.45) is 33.0. The molecule has 3 N–H and O–H groups in total. The highest BCUT2D eigenvalue weighted by Crippen LogP contribution is 2.68. The summed E-state index contributed by atoms with van der Waals surface area (Å²) in [6.45, 7) is 14.4. The zero-order valence-corrected chi connectivity index (χ0v) is 29.6. The number of ether oxygens (including phenoxy) is 1. The van der Waals surface area contributed by atoms with Crippen molar-refractivity contribution in [3.05, 3.63) is 0 Å². The Bertz CT molecular complexity index is 757. The van der Waals surface area contributed by atoms with Gasteiger partial charge in [0.2, 0.25) is 0 Å². The first-order chi connectivity index (χ1) is 21.0. The monoisotopic (exact) mass is 601 g/mol.